The maximum Gasteiger partial charge on any atom is 0.138 e. The monoisotopic (exact) mass is 279 g/mol. The molecule has 0 aliphatic heterocycles. The van der Waals surface area contributed by atoms with Gasteiger partial charge in [-0.3, -0.25) is 0 Å². The highest BCUT2D eigenvalue weighted by Crippen LogP contribution is 2.31. The molecule has 0 amide bonds. The molecular formula is C13H17N3S2. The molecule has 18 heavy (non-hydrogen) atoms. The Morgan fingerprint density at radius 1 is 1.33 bits per heavy atom. The van der Waals surface area contributed by atoms with Crippen molar-refractivity contribution in [3.8, 4) is 0 Å². The molecule has 1 fully saturated rings. The van der Waals surface area contributed by atoms with Crippen molar-refractivity contribution in [1.29, 1.82) is 0 Å². The number of thiophene rings is 1. The van der Waals surface area contributed by atoms with E-state index in [0.29, 0.717) is 11.3 Å². The van der Waals surface area contributed by atoms with Gasteiger partial charge in [0, 0.05) is 11.3 Å². The summed E-state index contributed by atoms with van der Waals surface area (Å²) < 4.78 is 0. The third-order valence-electron chi connectivity index (χ3n) is 3.59. The summed E-state index contributed by atoms with van der Waals surface area (Å²) in [4.78, 5) is 9.79. The van der Waals surface area contributed by atoms with Crippen LogP contribution in [-0.2, 0) is 0 Å². The van der Waals surface area contributed by atoms with Crippen LogP contribution >= 0.6 is 23.1 Å². The number of hydrogen-bond donors (Lipinski definition) is 1. The van der Waals surface area contributed by atoms with Crippen LogP contribution in [0.5, 0.6) is 0 Å². The molecule has 2 heterocycles. The Labute approximate surface area is 115 Å². The molecule has 0 radical (unpaired) electrons. The molecule has 0 spiro atoms. The number of thioether (sulfide) groups is 1. The van der Waals surface area contributed by atoms with E-state index in [9.17, 15) is 0 Å². The van der Waals surface area contributed by atoms with E-state index < -0.39 is 0 Å². The average Bonchev–Trinajstić information content (AvgIpc) is 2.89. The molecule has 1 N–H and O–H groups in total. The fraction of sp³-hybridized carbons (Fsp3) is 0.538. The SMILES string of the molecule is CSC1CCCCC1Nc1ncnc2sccc12. The highest BCUT2D eigenvalue weighted by molar-refractivity contribution is 7.99. The van der Waals surface area contributed by atoms with Gasteiger partial charge in [-0.05, 0) is 30.5 Å². The van der Waals surface area contributed by atoms with Crippen molar-refractivity contribution in [2.24, 2.45) is 0 Å². The van der Waals surface area contributed by atoms with E-state index in [1.807, 2.05) is 11.8 Å². The highest BCUT2D eigenvalue weighted by Gasteiger charge is 2.24. The van der Waals surface area contributed by atoms with Crippen molar-refractivity contribution in [2.75, 3.05) is 11.6 Å². The first kappa shape index (κ1) is 12.2. The summed E-state index contributed by atoms with van der Waals surface area (Å²) in [7, 11) is 0. The number of fused-ring (bicyclic) bond motifs is 1. The lowest BCUT2D eigenvalue weighted by molar-refractivity contribution is 0.474. The van der Waals surface area contributed by atoms with Crippen LogP contribution in [-0.4, -0.2) is 27.5 Å². The van der Waals surface area contributed by atoms with Crippen LogP contribution in [0.25, 0.3) is 10.2 Å². The van der Waals surface area contributed by atoms with E-state index >= 15 is 0 Å². The maximum atomic E-state index is 4.42. The minimum Gasteiger partial charge on any atom is -0.366 e. The van der Waals surface area contributed by atoms with E-state index in [1.165, 1.54) is 25.7 Å². The normalized spacial score (nSPS) is 24.3. The van der Waals surface area contributed by atoms with Crippen molar-refractivity contribution in [1.82, 2.24) is 9.97 Å². The molecule has 0 saturated heterocycles. The van der Waals surface area contributed by atoms with Crippen LogP contribution in [0.4, 0.5) is 5.82 Å². The Hall–Kier alpha value is -0.810. The summed E-state index contributed by atoms with van der Waals surface area (Å²) in [5, 5.41) is 7.60. The smallest absolute Gasteiger partial charge is 0.138 e. The molecular weight excluding hydrogens is 262 g/mol. The van der Waals surface area contributed by atoms with E-state index in [-0.39, 0.29) is 0 Å². The van der Waals surface area contributed by atoms with Crippen LogP contribution in [0, 0.1) is 0 Å². The lowest BCUT2D eigenvalue weighted by atomic mass is 9.95. The quantitative estimate of drug-likeness (QED) is 0.928. The summed E-state index contributed by atoms with van der Waals surface area (Å²) >= 11 is 3.65. The van der Waals surface area contributed by atoms with Crippen molar-refractivity contribution < 1.29 is 0 Å². The Bertz CT molecular complexity index is 526. The van der Waals surface area contributed by atoms with Gasteiger partial charge in [-0.2, -0.15) is 11.8 Å². The maximum absolute atomic E-state index is 4.42. The summed E-state index contributed by atoms with van der Waals surface area (Å²) in [6.07, 6.45) is 9.13. The molecule has 2 aromatic rings. The molecule has 2 atom stereocenters. The molecule has 1 aliphatic carbocycles. The summed E-state index contributed by atoms with van der Waals surface area (Å²) in [5.74, 6) is 1.01. The fourth-order valence-corrected chi connectivity index (χ4v) is 4.29. The topological polar surface area (TPSA) is 37.8 Å². The van der Waals surface area contributed by atoms with Gasteiger partial charge in [0.05, 0.1) is 5.39 Å². The second-order valence-electron chi connectivity index (χ2n) is 4.67. The summed E-state index contributed by atoms with van der Waals surface area (Å²) in [5.41, 5.74) is 0. The number of anilines is 1. The lowest BCUT2D eigenvalue weighted by Crippen LogP contribution is -2.34. The third-order valence-corrected chi connectivity index (χ3v) is 5.58. The van der Waals surface area contributed by atoms with Gasteiger partial charge >= 0.3 is 0 Å². The minimum atomic E-state index is 0.548. The van der Waals surface area contributed by atoms with Crippen LogP contribution in [0.2, 0.25) is 0 Å². The zero-order valence-electron chi connectivity index (χ0n) is 10.4. The molecule has 2 aromatic heterocycles. The van der Waals surface area contributed by atoms with Gasteiger partial charge in [0.1, 0.15) is 17.0 Å². The molecule has 5 heteroatoms. The molecule has 1 saturated carbocycles. The fourth-order valence-electron chi connectivity index (χ4n) is 2.62. The molecule has 0 bridgehead atoms. The van der Waals surface area contributed by atoms with Crippen LogP contribution in [0.3, 0.4) is 0 Å². The van der Waals surface area contributed by atoms with E-state index in [1.54, 1.807) is 17.7 Å². The standard InChI is InChI=1S/C13H17N3S2/c1-17-11-5-3-2-4-10(11)16-12-9-6-7-18-13(9)15-8-14-12/h6-8,10-11H,2-5H2,1H3,(H,14,15,16). The Balaban J connectivity index is 1.84. The average molecular weight is 279 g/mol. The number of nitrogens with zero attached hydrogens (tertiary/aromatic N) is 2. The highest BCUT2D eigenvalue weighted by atomic mass is 32.2. The van der Waals surface area contributed by atoms with Gasteiger partial charge in [-0.1, -0.05) is 12.8 Å². The number of aromatic nitrogens is 2. The van der Waals surface area contributed by atoms with Crippen molar-refractivity contribution in [3.05, 3.63) is 17.8 Å². The van der Waals surface area contributed by atoms with Gasteiger partial charge < -0.3 is 5.32 Å². The van der Waals surface area contributed by atoms with Crippen LogP contribution in [0.1, 0.15) is 25.7 Å². The zero-order chi connectivity index (χ0) is 12.4. The van der Waals surface area contributed by atoms with E-state index in [0.717, 1.165) is 16.0 Å². The summed E-state index contributed by atoms with van der Waals surface area (Å²) in [6.45, 7) is 0. The molecule has 3 nitrogen and oxygen atoms in total. The van der Waals surface area contributed by atoms with Gasteiger partial charge in [0.15, 0.2) is 0 Å². The van der Waals surface area contributed by atoms with Crippen molar-refractivity contribution in [2.45, 2.75) is 37.0 Å². The van der Waals surface area contributed by atoms with Gasteiger partial charge in [0.25, 0.3) is 0 Å². The largest absolute Gasteiger partial charge is 0.366 e. The Kier molecular flexibility index (Phi) is 3.70. The first-order valence-corrected chi connectivity index (χ1v) is 8.53. The van der Waals surface area contributed by atoms with E-state index in [2.05, 4.69) is 33.0 Å². The molecule has 1 aliphatic rings. The van der Waals surface area contributed by atoms with Gasteiger partial charge in [0.2, 0.25) is 0 Å². The first-order valence-electron chi connectivity index (χ1n) is 6.36. The molecule has 3 rings (SSSR count). The first-order chi connectivity index (χ1) is 8.88. The predicted molar refractivity (Wildman–Crippen MR) is 80.6 cm³/mol. The van der Waals surface area contributed by atoms with Gasteiger partial charge in [-0.25, -0.2) is 9.97 Å². The van der Waals surface area contributed by atoms with Crippen LogP contribution < -0.4 is 5.32 Å². The lowest BCUT2D eigenvalue weighted by Gasteiger charge is -2.31. The van der Waals surface area contributed by atoms with E-state index in [4.69, 9.17) is 0 Å². The number of hydrogen-bond acceptors (Lipinski definition) is 5. The molecule has 0 aromatic carbocycles. The van der Waals surface area contributed by atoms with Crippen molar-refractivity contribution in [3.63, 3.8) is 0 Å². The van der Waals surface area contributed by atoms with Crippen LogP contribution in [0.15, 0.2) is 17.8 Å². The third kappa shape index (κ3) is 2.34. The molecule has 96 valence electrons. The predicted octanol–water partition coefficient (Wildman–Crippen LogP) is 3.78. The van der Waals surface area contributed by atoms with Crippen molar-refractivity contribution >= 4 is 39.1 Å². The number of rotatable bonds is 3. The molecule has 2 unspecified atom stereocenters. The number of nitrogens with one attached hydrogen (secondary N) is 1. The van der Waals surface area contributed by atoms with Gasteiger partial charge in [-0.15, -0.1) is 11.3 Å². The Morgan fingerprint density at radius 2 is 2.22 bits per heavy atom. The summed E-state index contributed by atoms with van der Waals surface area (Å²) in [6, 6.07) is 2.66. The zero-order valence-corrected chi connectivity index (χ0v) is 12.1. The second-order valence-corrected chi connectivity index (χ2v) is 6.64. The Morgan fingerprint density at radius 3 is 3.11 bits per heavy atom. The minimum absolute atomic E-state index is 0.548. The second kappa shape index (κ2) is 5.45.